The van der Waals surface area contributed by atoms with Crippen LogP contribution in [0.1, 0.15) is 96.4 Å². The number of benzene rings is 2. The number of para-hydroxylation sites is 1. The van der Waals surface area contributed by atoms with Gasteiger partial charge in [0.05, 0.1) is 33.5 Å². The highest BCUT2D eigenvalue weighted by atomic mass is 32.1. The lowest BCUT2D eigenvalue weighted by Crippen LogP contribution is -2.57. The van der Waals surface area contributed by atoms with Crippen molar-refractivity contribution in [2.24, 2.45) is 5.41 Å². The number of thiazole rings is 1. The van der Waals surface area contributed by atoms with Gasteiger partial charge in [-0.25, -0.2) is 4.98 Å². The number of carbonyl (C=O) groups excluding carboxylic acids is 4. The Morgan fingerprint density at radius 1 is 0.917 bits per heavy atom. The summed E-state index contributed by atoms with van der Waals surface area (Å²) in [5.74, 6) is -0.0964. The fourth-order valence-electron chi connectivity index (χ4n) is 7.98. The second kappa shape index (κ2) is 19.7. The zero-order valence-electron chi connectivity index (χ0n) is 35.4. The molecule has 2 saturated heterocycles. The predicted octanol–water partition coefficient (Wildman–Crippen LogP) is 6.25. The number of aryl methyl sites for hydroxylation is 1. The van der Waals surface area contributed by atoms with E-state index in [-0.39, 0.29) is 41.8 Å². The van der Waals surface area contributed by atoms with Crippen LogP contribution in [0.15, 0.2) is 60.1 Å². The maximum Gasteiger partial charge on any atom is 0.246 e. The van der Waals surface area contributed by atoms with Gasteiger partial charge in [0.15, 0.2) is 5.82 Å². The number of hydrogen-bond acceptors (Lipinski definition) is 11. The molecule has 4 amide bonds. The normalized spacial score (nSPS) is 16.7. The van der Waals surface area contributed by atoms with Crippen LogP contribution in [-0.2, 0) is 19.2 Å². The molecule has 0 aliphatic carbocycles. The molecule has 2 aromatic carbocycles. The number of nitrogen functional groups attached to an aromatic ring is 1. The van der Waals surface area contributed by atoms with Crippen LogP contribution in [0, 0.1) is 12.3 Å². The fraction of sp³-hybridized carbons (Fsp3) is 0.489. The van der Waals surface area contributed by atoms with Crippen LogP contribution in [0.5, 0.6) is 5.75 Å². The Morgan fingerprint density at radius 2 is 1.62 bits per heavy atom. The highest BCUT2D eigenvalue weighted by Gasteiger charge is 2.42. The third-order valence-corrected chi connectivity index (χ3v) is 12.5. The minimum atomic E-state index is -0.776. The van der Waals surface area contributed by atoms with Gasteiger partial charge in [-0.2, -0.15) is 0 Å². The highest BCUT2D eigenvalue weighted by molar-refractivity contribution is 7.13. The molecule has 3 atom stereocenters. The topological polar surface area (TPSA) is 187 Å². The van der Waals surface area contributed by atoms with Gasteiger partial charge in [-0.3, -0.25) is 19.2 Å². The first-order valence-corrected chi connectivity index (χ1v) is 21.9. The molecule has 6 rings (SSSR count). The zero-order valence-corrected chi connectivity index (χ0v) is 36.3. The van der Waals surface area contributed by atoms with E-state index in [1.807, 2.05) is 81.4 Å². The molecule has 4 heterocycles. The number of phenolic OH excluding ortho intramolecular Hbond substituents is 1. The molecule has 0 radical (unpaired) electrons. The van der Waals surface area contributed by atoms with E-state index in [0.29, 0.717) is 75.5 Å². The number of piperazine rings is 1. The average Bonchev–Trinajstić information content (AvgIpc) is 3.91. The summed E-state index contributed by atoms with van der Waals surface area (Å²) in [5, 5.41) is 24.7. The third kappa shape index (κ3) is 10.8. The molecule has 4 aromatic rings. The molecule has 2 aliphatic heterocycles. The Labute approximate surface area is 357 Å². The summed E-state index contributed by atoms with van der Waals surface area (Å²) in [6.07, 6.45) is 4.97. The third-order valence-electron chi connectivity index (χ3n) is 11.5. The number of rotatable bonds is 15. The average molecular weight is 838 g/mol. The van der Waals surface area contributed by atoms with Crippen LogP contribution in [0.25, 0.3) is 21.7 Å². The van der Waals surface area contributed by atoms with E-state index >= 15 is 0 Å². The van der Waals surface area contributed by atoms with E-state index in [4.69, 9.17) is 5.73 Å². The van der Waals surface area contributed by atoms with Crippen LogP contribution < -0.4 is 21.3 Å². The van der Waals surface area contributed by atoms with Gasteiger partial charge in [-0.05, 0) is 74.3 Å². The number of anilines is 2. The molecule has 0 spiro atoms. The molecule has 14 nitrogen and oxygen atoms in total. The van der Waals surface area contributed by atoms with Gasteiger partial charge in [0.2, 0.25) is 23.6 Å². The van der Waals surface area contributed by atoms with Crippen molar-refractivity contribution in [3.8, 4) is 27.4 Å². The molecule has 0 saturated carbocycles. The monoisotopic (exact) mass is 837 g/mol. The van der Waals surface area contributed by atoms with Gasteiger partial charge >= 0.3 is 0 Å². The molecule has 15 heteroatoms. The number of hydrogen-bond donors (Lipinski definition) is 4. The minimum absolute atomic E-state index is 0.106. The number of nitrogens with two attached hydrogens (primary N) is 1. The van der Waals surface area contributed by atoms with Crippen molar-refractivity contribution in [3.05, 3.63) is 71.4 Å². The number of phenols is 1. The number of nitrogens with one attached hydrogen (secondary N) is 2. The molecular weight excluding hydrogens is 779 g/mol. The van der Waals surface area contributed by atoms with E-state index in [1.54, 1.807) is 34.4 Å². The summed E-state index contributed by atoms with van der Waals surface area (Å²) in [7, 11) is 0. The number of unbranched alkanes of at least 4 members (excludes halogenated alkanes) is 3. The Balaban J connectivity index is 0.908. The lowest BCUT2D eigenvalue weighted by Gasteiger charge is -2.36. The van der Waals surface area contributed by atoms with Crippen LogP contribution in [0.3, 0.4) is 0 Å². The maximum absolute atomic E-state index is 14.0. The van der Waals surface area contributed by atoms with E-state index in [0.717, 1.165) is 46.6 Å². The molecule has 0 bridgehead atoms. The van der Waals surface area contributed by atoms with Crippen molar-refractivity contribution < 1.29 is 24.3 Å². The second-order valence-electron chi connectivity index (χ2n) is 17.0. The molecular formula is C45H59N9O5S. The van der Waals surface area contributed by atoms with Crippen LogP contribution in [-0.4, -0.2) is 98.5 Å². The largest absolute Gasteiger partial charge is 0.507 e. The summed E-state index contributed by atoms with van der Waals surface area (Å²) < 4.78 is 0. The van der Waals surface area contributed by atoms with Gasteiger partial charge in [-0.1, -0.05) is 70.0 Å². The second-order valence-corrected chi connectivity index (χ2v) is 17.8. The van der Waals surface area contributed by atoms with E-state index in [2.05, 4.69) is 30.7 Å². The van der Waals surface area contributed by atoms with Gasteiger partial charge in [0.25, 0.3) is 0 Å². The SMILES string of the molecule is Cc1ncsc1-c1ccc([C@H](C)NC(=O)[C@@H]2CCCN2C(=O)[C@@H](NC(=O)CCCCCCC(=O)N2CCN(c3cc(-c4ccccc4O)nnc3N)CC2)C(C)(C)C)cc1. The Kier molecular flexibility index (Phi) is 14.4. The first-order chi connectivity index (χ1) is 28.7. The van der Waals surface area contributed by atoms with Crippen molar-refractivity contribution in [2.45, 2.75) is 104 Å². The fourth-order valence-corrected chi connectivity index (χ4v) is 8.79. The lowest BCUT2D eigenvalue weighted by atomic mass is 9.85. The van der Waals surface area contributed by atoms with Crippen LogP contribution >= 0.6 is 11.3 Å². The zero-order chi connectivity index (χ0) is 43.0. The smallest absolute Gasteiger partial charge is 0.246 e. The molecule has 5 N–H and O–H groups in total. The van der Waals surface area contributed by atoms with E-state index in [9.17, 15) is 24.3 Å². The Bertz CT molecular complexity index is 2130. The molecule has 0 unspecified atom stereocenters. The molecule has 320 valence electrons. The molecule has 2 fully saturated rings. The van der Waals surface area contributed by atoms with Crippen molar-refractivity contribution in [2.75, 3.05) is 43.4 Å². The number of amides is 4. The van der Waals surface area contributed by atoms with Crippen LogP contribution in [0.2, 0.25) is 0 Å². The van der Waals surface area contributed by atoms with Crippen molar-refractivity contribution in [1.29, 1.82) is 0 Å². The summed E-state index contributed by atoms with van der Waals surface area (Å²) in [4.78, 5) is 65.0. The number of nitrogens with zero attached hydrogens (tertiary/aromatic N) is 6. The number of aromatic nitrogens is 3. The van der Waals surface area contributed by atoms with Crippen molar-refractivity contribution >= 4 is 46.5 Å². The summed E-state index contributed by atoms with van der Waals surface area (Å²) >= 11 is 1.60. The molecule has 2 aromatic heterocycles. The van der Waals surface area contributed by atoms with Crippen LogP contribution in [0.4, 0.5) is 11.5 Å². The quantitative estimate of drug-likeness (QED) is 0.0998. The first kappa shape index (κ1) is 44.0. The summed E-state index contributed by atoms with van der Waals surface area (Å²) in [6, 6.07) is 15.3. The molecule has 2 aliphatic rings. The minimum Gasteiger partial charge on any atom is -0.507 e. The maximum atomic E-state index is 14.0. The lowest BCUT2D eigenvalue weighted by molar-refractivity contribution is -0.144. The summed E-state index contributed by atoms with van der Waals surface area (Å²) in [6.45, 7) is 12.5. The Morgan fingerprint density at radius 3 is 2.28 bits per heavy atom. The van der Waals surface area contributed by atoms with Crippen molar-refractivity contribution in [1.82, 2.24) is 35.6 Å². The van der Waals surface area contributed by atoms with Gasteiger partial charge in [-0.15, -0.1) is 21.5 Å². The van der Waals surface area contributed by atoms with Gasteiger partial charge in [0.1, 0.15) is 17.8 Å². The Hall–Kier alpha value is -5.57. The molecule has 60 heavy (non-hydrogen) atoms. The first-order valence-electron chi connectivity index (χ1n) is 21.1. The van der Waals surface area contributed by atoms with E-state index in [1.165, 1.54) is 0 Å². The number of carbonyl (C=O) groups is 4. The predicted molar refractivity (Wildman–Crippen MR) is 235 cm³/mol. The summed E-state index contributed by atoms with van der Waals surface area (Å²) in [5.41, 5.74) is 12.3. The van der Waals surface area contributed by atoms with Gasteiger partial charge < -0.3 is 36.2 Å². The number of aromatic hydroxyl groups is 1. The van der Waals surface area contributed by atoms with Gasteiger partial charge in [0, 0.05) is 51.1 Å². The highest BCUT2D eigenvalue weighted by Crippen LogP contribution is 2.33. The van der Waals surface area contributed by atoms with E-state index < -0.39 is 17.5 Å². The standard InChI is InChI=1S/C45H59N9O5S/c1-29(31-18-20-32(21-19-31)40-30(2)47-28-60-40)48-43(58)35-14-12-22-54(35)44(59)41(45(3,4)5)49-38(56)16-8-6-7-9-17-39(57)53-25-23-52(24-26-53)36-27-34(50-51-42(36)46)33-13-10-11-15-37(33)55/h10-11,13,15,18-21,27-29,35,41,55H,6-9,12,14,16-17,22-26H2,1-5H3,(H2,46,51)(H,48,58)(H,49,56)/t29-,35-,41+/m0/s1. The number of likely N-dealkylation sites (tertiary alicyclic amines) is 1. The van der Waals surface area contributed by atoms with Crippen molar-refractivity contribution in [3.63, 3.8) is 0 Å².